The number of nitrogens with two attached hydrogens (primary N) is 1. The first-order chi connectivity index (χ1) is 7.08. The first-order valence-corrected chi connectivity index (χ1v) is 5.20. The second kappa shape index (κ2) is 5.72. The average molecular weight is 211 g/mol. The van der Waals surface area contributed by atoms with E-state index in [2.05, 4.69) is 36.0 Å². The zero-order chi connectivity index (χ0) is 11.3. The molecule has 1 rings (SSSR count). The minimum absolute atomic E-state index is 0.589. The minimum atomic E-state index is 0.589. The van der Waals surface area contributed by atoms with Crippen molar-refractivity contribution in [1.29, 1.82) is 0 Å². The lowest BCUT2D eigenvalue weighted by Crippen LogP contribution is -2.31. The molecule has 5 heteroatoms. The molecule has 0 saturated heterocycles. The molecule has 5 nitrogen and oxygen atoms in total. The first kappa shape index (κ1) is 12.0. The number of aromatic nitrogens is 2. The number of rotatable bonds is 6. The van der Waals surface area contributed by atoms with Crippen LogP contribution in [0.3, 0.4) is 0 Å². The molecule has 0 bridgehead atoms. The molecule has 0 aromatic carbocycles. The Hall–Kier alpha value is -1.07. The largest absolute Gasteiger partial charge is 0.382 e. The summed E-state index contributed by atoms with van der Waals surface area (Å²) in [6, 6.07) is 1.82. The maximum Gasteiger partial charge on any atom is 0.145 e. The van der Waals surface area contributed by atoms with Gasteiger partial charge in [0.05, 0.1) is 6.54 Å². The second-order valence-electron chi connectivity index (χ2n) is 4.11. The molecule has 0 spiro atoms. The third-order valence-corrected chi connectivity index (χ3v) is 2.30. The van der Waals surface area contributed by atoms with Crippen molar-refractivity contribution in [2.75, 3.05) is 46.5 Å². The molecular weight excluding hydrogens is 190 g/mol. The van der Waals surface area contributed by atoms with Crippen LogP contribution in [0.1, 0.15) is 0 Å². The Bertz CT molecular complexity index is 281. The van der Waals surface area contributed by atoms with Crippen LogP contribution in [-0.4, -0.2) is 60.4 Å². The predicted octanol–water partition coefficient (Wildman–Crippen LogP) is -0.0413. The fraction of sp³-hybridized carbons (Fsp3) is 0.700. The van der Waals surface area contributed by atoms with Crippen molar-refractivity contribution in [2.45, 2.75) is 6.54 Å². The highest BCUT2D eigenvalue weighted by molar-refractivity contribution is 5.23. The van der Waals surface area contributed by atoms with Gasteiger partial charge < -0.3 is 15.5 Å². The van der Waals surface area contributed by atoms with E-state index in [1.807, 2.05) is 16.9 Å². The molecule has 0 fully saturated rings. The number of anilines is 1. The van der Waals surface area contributed by atoms with Crippen LogP contribution in [-0.2, 0) is 6.54 Å². The van der Waals surface area contributed by atoms with Gasteiger partial charge in [-0.05, 0) is 27.2 Å². The van der Waals surface area contributed by atoms with Crippen molar-refractivity contribution in [3.05, 3.63) is 12.3 Å². The molecule has 0 aliphatic carbocycles. The summed E-state index contributed by atoms with van der Waals surface area (Å²) in [6.45, 7) is 4.04. The van der Waals surface area contributed by atoms with Crippen molar-refractivity contribution in [3.63, 3.8) is 0 Å². The highest BCUT2D eigenvalue weighted by Gasteiger charge is 2.00. The van der Waals surface area contributed by atoms with Gasteiger partial charge in [-0.15, -0.1) is 0 Å². The van der Waals surface area contributed by atoms with E-state index in [0.717, 1.165) is 26.2 Å². The standard InChI is InChI=1S/C10H21N5/c1-13(2)6-7-14(3)8-9-15-5-4-10(11)12-15/h4-5H,6-9H2,1-3H3,(H2,11,12). The van der Waals surface area contributed by atoms with Gasteiger partial charge in [-0.3, -0.25) is 4.68 Å². The molecule has 0 saturated carbocycles. The fourth-order valence-corrected chi connectivity index (χ4v) is 1.26. The maximum absolute atomic E-state index is 5.53. The third kappa shape index (κ3) is 4.80. The Morgan fingerprint density at radius 2 is 2.00 bits per heavy atom. The van der Waals surface area contributed by atoms with Crippen LogP contribution in [0.15, 0.2) is 12.3 Å². The van der Waals surface area contributed by atoms with Crippen LogP contribution < -0.4 is 5.73 Å². The van der Waals surface area contributed by atoms with E-state index < -0.39 is 0 Å². The molecule has 0 amide bonds. The highest BCUT2D eigenvalue weighted by atomic mass is 15.3. The van der Waals surface area contributed by atoms with Gasteiger partial charge in [0, 0.05) is 25.8 Å². The molecule has 0 aliphatic rings. The number of hydrogen-bond acceptors (Lipinski definition) is 4. The second-order valence-corrected chi connectivity index (χ2v) is 4.11. The summed E-state index contributed by atoms with van der Waals surface area (Å²) in [5, 5.41) is 4.14. The van der Waals surface area contributed by atoms with Gasteiger partial charge in [0.25, 0.3) is 0 Å². The molecule has 1 aromatic heterocycles. The van der Waals surface area contributed by atoms with Crippen LogP contribution in [0.25, 0.3) is 0 Å². The van der Waals surface area contributed by atoms with Crippen LogP contribution in [0.4, 0.5) is 5.82 Å². The van der Waals surface area contributed by atoms with Crippen molar-refractivity contribution >= 4 is 5.82 Å². The molecular formula is C10H21N5. The lowest BCUT2D eigenvalue weighted by Gasteiger charge is -2.18. The number of nitrogens with zero attached hydrogens (tertiary/aromatic N) is 4. The summed E-state index contributed by atoms with van der Waals surface area (Å²) in [6.07, 6.45) is 1.91. The highest BCUT2D eigenvalue weighted by Crippen LogP contribution is 1.96. The van der Waals surface area contributed by atoms with Crippen LogP contribution in [0.2, 0.25) is 0 Å². The maximum atomic E-state index is 5.53. The smallest absolute Gasteiger partial charge is 0.145 e. The monoisotopic (exact) mass is 211 g/mol. The van der Waals surface area contributed by atoms with Gasteiger partial charge in [0.1, 0.15) is 5.82 Å². The topological polar surface area (TPSA) is 50.3 Å². The van der Waals surface area contributed by atoms with E-state index >= 15 is 0 Å². The van der Waals surface area contributed by atoms with Crippen molar-refractivity contribution in [1.82, 2.24) is 19.6 Å². The minimum Gasteiger partial charge on any atom is -0.382 e. The van der Waals surface area contributed by atoms with E-state index in [1.54, 1.807) is 0 Å². The quantitative estimate of drug-likeness (QED) is 0.717. The SMILES string of the molecule is CN(C)CCN(C)CCn1ccc(N)n1. The number of nitrogen functional groups attached to an aromatic ring is 1. The van der Waals surface area contributed by atoms with Crippen molar-refractivity contribution < 1.29 is 0 Å². The van der Waals surface area contributed by atoms with Gasteiger partial charge in [-0.2, -0.15) is 5.10 Å². The van der Waals surface area contributed by atoms with E-state index in [9.17, 15) is 0 Å². The fourth-order valence-electron chi connectivity index (χ4n) is 1.26. The van der Waals surface area contributed by atoms with Crippen LogP contribution in [0, 0.1) is 0 Å². The average Bonchev–Trinajstić information content (AvgIpc) is 2.58. The molecule has 0 unspecified atom stereocenters. The molecule has 1 heterocycles. The van der Waals surface area contributed by atoms with Crippen LogP contribution >= 0.6 is 0 Å². The molecule has 0 atom stereocenters. The van der Waals surface area contributed by atoms with E-state index in [1.165, 1.54) is 0 Å². The Morgan fingerprint density at radius 3 is 2.53 bits per heavy atom. The molecule has 86 valence electrons. The van der Waals surface area contributed by atoms with E-state index in [0.29, 0.717) is 5.82 Å². The molecule has 1 aromatic rings. The molecule has 2 N–H and O–H groups in total. The molecule has 0 aliphatic heterocycles. The zero-order valence-corrected chi connectivity index (χ0v) is 9.85. The van der Waals surface area contributed by atoms with Gasteiger partial charge in [0.15, 0.2) is 0 Å². The molecule has 15 heavy (non-hydrogen) atoms. The van der Waals surface area contributed by atoms with Crippen molar-refractivity contribution in [3.8, 4) is 0 Å². The van der Waals surface area contributed by atoms with Gasteiger partial charge in [-0.25, -0.2) is 0 Å². The zero-order valence-electron chi connectivity index (χ0n) is 9.85. The van der Waals surface area contributed by atoms with Crippen molar-refractivity contribution in [2.24, 2.45) is 0 Å². The van der Waals surface area contributed by atoms with Gasteiger partial charge in [0.2, 0.25) is 0 Å². The Balaban J connectivity index is 2.19. The summed E-state index contributed by atoms with van der Waals surface area (Å²) >= 11 is 0. The summed E-state index contributed by atoms with van der Waals surface area (Å²) < 4.78 is 1.88. The predicted molar refractivity (Wildman–Crippen MR) is 62.7 cm³/mol. The van der Waals surface area contributed by atoms with E-state index in [4.69, 9.17) is 5.73 Å². The first-order valence-electron chi connectivity index (χ1n) is 5.20. The lowest BCUT2D eigenvalue weighted by molar-refractivity contribution is 0.270. The van der Waals surface area contributed by atoms with Gasteiger partial charge >= 0.3 is 0 Å². The lowest BCUT2D eigenvalue weighted by atomic mass is 10.5. The normalized spacial score (nSPS) is 11.5. The van der Waals surface area contributed by atoms with Gasteiger partial charge in [-0.1, -0.05) is 0 Å². The van der Waals surface area contributed by atoms with E-state index in [-0.39, 0.29) is 0 Å². The Kier molecular flexibility index (Phi) is 4.58. The Labute approximate surface area is 91.5 Å². The Morgan fingerprint density at radius 1 is 1.27 bits per heavy atom. The van der Waals surface area contributed by atoms with Crippen LogP contribution in [0.5, 0.6) is 0 Å². The summed E-state index contributed by atoms with van der Waals surface area (Å²) in [7, 11) is 6.29. The number of hydrogen-bond donors (Lipinski definition) is 1. The summed E-state index contributed by atoms with van der Waals surface area (Å²) in [5.74, 6) is 0.589. The molecule has 0 radical (unpaired) electrons. The summed E-state index contributed by atoms with van der Waals surface area (Å²) in [4.78, 5) is 4.47. The third-order valence-electron chi connectivity index (χ3n) is 2.30. The summed E-state index contributed by atoms with van der Waals surface area (Å²) in [5.41, 5.74) is 5.53. The number of likely N-dealkylation sites (N-methyl/N-ethyl adjacent to an activating group) is 2.